The Morgan fingerprint density at radius 3 is 2.26 bits per heavy atom. The lowest BCUT2D eigenvalue weighted by molar-refractivity contribution is -0.904. The molecule has 8 nitrogen and oxygen atoms in total. The van der Waals surface area contributed by atoms with Crippen LogP contribution in [-0.2, 0) is 19.8 Å². The first-order valence-electron chi connectivity index (χ1n) is 6.17. The molecule has 0 aliphatic carbocycles. The first-order chi connectivity index (χ1) is 8.97. The zero-order valence-electron chi connectivity index (χ0n) is 12.3. The van der Waals surface area contributed by atoms with Gasteiger partial charge in [0, 0.05) is 33.8 Å². The summed E-state index contributed by atoms with van der Waals surface area (Å²) in [5, 5.41) is 14.0. The lowest BCUT2D eigenvalue weighted by Crippen LogP contribution is -2.45. The molecule has 0 saturated carbocycles. The van der Waals surface area contributed by atoms with Crippen molar-refractivity contribution >= 4 is 8.80 Å². The van der Waals surface area contributed by atoms with Crippen LogP contribution in [0.2, 0.25) is 6.04 Å². The molecule has 0 atom stereocenters. The molecule has 0 aromatic carbocycles. The van der Waals surface area contributed by atoms with Crippen LogP contribution in [0, 0.1) is 0 Å². The van der Waals surface area contributed by atoms with Crippen LogP contribution in [0.1, 0.15) is 12.2 Å². The summed E-state index contributed by atoms with van der Waals surface area (Å²) < 4.78 is 17.0. The van der Waals surface area contributed by atoms with Gasteiger partial charge in [-0.2, -0.15) is 5.21 Å². The Bertz CT molecular complexity index is 348. The van der Waals surface area contributed by atoms with Crippen molar-refractivity contribution in [3.05, 3.63) is 5.82 Å². The fraction of sp³-hybridized carbons (Fsp3) is 0.900. The van der Waals surface area contributed by atoms with Gasteiger partial charge in [0.1, 0.15) is 6.54 Å². The molecular formula is C10H24N5O3Si+. The lowest BCUT2D eigenvalue weighted by atomic mass is 10.3. The smallest absolute Gasteiger partial charge is 0.377 e. The standard InChI is InChI=1S/C10H24N5O3Si/c1-15(2,9-10-11-13-14-12-10)7-6-8-19(16-3,17-4)18-5/h6-9H2,1-5H3,(H,11,12,13,14)/q+1. The molecule has 0 saturated heterocycles. The number of quaternary nitrogens is 1. The van der Waals surface area contributed by atoms with Crippen molar-refractivity contribution in [2.24, 2.45) is 0 Å². The van der Waals surface area contributed by atoms with E-state index in [4.69, 9.17) is 13.3 Å². The van der Waals surface area contributed by atoms with Crippen molar-refractivity contribution < 1.29 is 17.8 Å². The van der Waals surface area contributed by atoms with E-state index in [1.807, 2.05) is 0 Å². The molecule has 0 radical (unpaired) electrons. The molecule has 0 aliphatic rings. The van der Waals surface area contributed by atoms with Crippen molar-refractivity contribution in [3.63, 3.8) is 0 Å². The summed E-state index contributed by atoms with van der Waals surface area (Å²) in [7, 11) is 6.72. The van der Waals surface area contributed by atoms with Gasteiger partial charge in [-0.15, -0.1) is 10.2 Å². The predicted octanol–water partition coefficient (Wildman–Crippen LogP) is 0.0443. The van der Waals surface area contributed by atoms with E-state index in [1.165, 1.54) is 0 Å². The highest BCUT2D eigenvalue weighted by Gasteiger charge is 2.37. The molecule has 1 rings (SSSR count). The molecule has 1 heterocycles. The minimum absolute atomic E-state index is 0.721. The molecule has 0 aliphatic heterocycles. The molecule has 110 valence electrons. The fourth-order valence-electron chi connectivity index (χ4n) is 1.99. The number of H-pyrrole nitrogens is 1. The number of aromatic nitrogens is 4. The Labute approximate surface area is 115 Å². The van der Waals surface area contributed by atoms with Gasteiger partial charge in [-0.1, -0.05) is 0 Å². The molecule has 19 heavy (non-hydrogen) atoms. The largest absolute Gasteiger partial charge is 0.500 e. The van der Waals surface area contributed by atoms with Gasteiger partial charge < -0.3 is 17.8 Å². The van der Waals surface area contributed by atoms with Crippen molar-refractivity contribution in [3.8, 4) is 0 Å². The normalized spacial score (nSPS) is 12.9. The van der Waals surface area contributed by atoms with Crippen LogP contribution in [0.5, 0.6) is 0 Å². The van der Waals surface area contributed by atoms with E-state index in [0.717, 1.165) is 35.9 Å². The third-order valence-electron chi connectivity index (χ3n) is 3.14. The summed E-state index contributed by atoms with van der Waals surface area (Å²) in [5.41, 5.74) is 0. The third kappa shape index (κ3) is 4.95. The summed E-state index contributed by atoms with van der Waals surface area (Å²) in [4.78, 5) is 0. The Kier molecular flexibility index (Phi) is 6.01. The van der Waals surface area contributed by atoms with Gasteiger partial charge in [0.15, 0.2) is 0 Å². The van der Waals surface area contributed by atoms with Crippen LogP contribution >= 0.6 is 0 Å². The molecule has 1 aromatic rings. The Morgan fingerprint density at radius 2 is 1.79 bits per heavy atom. The predicted molar refractivity (Wildman–Crippen MR) is 71.1 cm³/mol. The Hall–Kier alpha value is -0.873. The monoisotopic (exact) mass is 290 g/mol. The van der Waals surface area contributed by atoms with E-state index < -0.39 is 8.80 Å². The van der Waals surface area contributed by atoms with E-state index in [1.54, 1.807) is 21.3 Å². The van der Waals surface area contributed by atoms with E-state index in [0.29, 0.717) is 0 Å². The van der Waals surface area contributed by atoms with Crippen LogP contribution in [0.25, 0.3) is 0 Å². The average molecular weight is 290 g/mol. The SMILES string of the molecule is CO[Si](CCC[N+](C)(C)Cc1nn[nH]n1)(OC)OC. The molecule has 0 bridgehead atoms. The number of hydrogen-bond donors (Lipinski definition) is 1. The number of nitrogens with one attached hydrogen (secondary N) is 1. The zero-order chi connectivity index (χ0) is 14.4. The van der Waals surface area contributed by atoms with Crippen LogP contribution in [0.4, 0.5) is 0 Å². The molecular weight excluding hydrogens is 266 g/mol. The third-order valence-corrected chi connectivity index (χ3v) is 5.97. The van der Waals surface area contributed by atoms with Gasteiger partial charge in [0.2, 0.25) is 5.82 Å². The second kappa shape index (κ2) is 7.06. The summed E-state index contributed by atoms with van der Waals surface area (Å²) in [6.45, 7) is 1.69. The minimum Gasteiger partial charge on any atom is -0.377 e. The number of nitrogens with zero attached hydrogens (tertiary/aromatic N) is 4. The van der Waals surface area contributed by atoms with Crippen molar-refractivity contribution in [1.82, 2.24) is 20.6 Å². The van der Waals surface area contributed by atoms with Crippen molar-refractivity contribution in [2.75, 3.05) is 42.0 Å². The second-order valence-electron chi connectivity index (χ2n) is 5.04. The summed E-state index contributed by atoms with van der Waals surface area (Å²) >= 11 is 0. The van der Waals surface area contributed by atoms with Crippen LogP contribution in [0.15, 0.2) is 0 Å². The van der Waals surface area contributed by atoms with E-state index in [-0.39, 0.29) is 0 Å². The van der Waals surface area contributed by atoms with Gasteiger partial charge in [-0.25, -0.2) is 0 Å². The fourth-order valence-corrected chi connectivity index (χ4v) is 3.69. The van der Waals surface area contributed by atoms with E-state index >= 15 is 0 Å². The highest BCUT2D eigenvalue weighted by Crippen LogP contribution is 2.17. The van der Waals surface area contributed by atoms with Gasteiger partial charge in [0.25, 0.3) is 0 Å². The van der Waals surface area contributed by atoms with E-state index in [9.17, 15) is 0 Å². The van der Waals surface area contributed by atoms with Crippen molar-refractivity contribution in [2.45, 2.75) is 19.0 Å². The summed E-state index contributed by atoms with van der Waals surface area (Å²) in [6.07, 6.45) is 0.951. The molecule has 1 aromatic heterocycles. The Balaban J connectivity index is 2.42. The number of aromatic amines is 1. The average Bonchev–Trinajstić information content (AvgIpc) is 2.87. The lowest BCUT2D eigenvalue weighted by Gasteiger charge is -2.30. The maximum Gasteiger partial charge on any atom is 0.500 e. The summed E-state index contributed by atoms with van der Waals surface area (Å²) in [6, 6.07) is 0.796. The zero-order valence-corrected chi connectivity index (χ0v) is 13.3. The van der Waals surface area contributed by atoms with E-state index in [2.05, 4.69) is 34.7 Å². The number of rotatable bonds is 9. The maximum atomic E-state index is 5.40. The highest BCUT2D eigenvalue weighted by molar-refractivity contribution is 6.60. The Morgan fingerprint density at radius 1 is 1.16 bits per heavy atom. The minimum atomic E-state index is -2.46. The van der Waals surface area contributed by atoms with Gasteiger partial charge in [0.05, 0.1) is 20.6 Å². The molecule has 1 N–H and O–H groups in total. The number of tetrazole rings is 1. The number of hydrogen-bond acceptors (Lipinski definition) is 6. The topological polar surface area (TPSA) is 82.2 Å². The van der Waals surface area contributed by atoms with Gasteiger partial charge in [-0.05, 0) is 5.21 Å². The molecule has 9 heteroatoms. The second-order valence-corrected chi connectivity index (χ2v) is 8.14. The van der Waals surface area contributed by atoms with Crippen molar-refractivity contribution in [1.29, 1.82) is 0 Å². The van der Waals surface area contributed by atoms with Gasteiger partial charge in [-0.3, -0.25) is 0 Å². The molecule has 0 amide bonds. The van der Waals surface area contributed by atoms with Crippen LogP contribution in [-0.4, -0.2) is 75.9 Å². The van der Waals surface area contributed by atoms with Crippen LogP contribution in [0.3, 0.4) is 0 Å². The quantitative estimate of drug-likeness (QED) is 0.511. The van der Waals surface area contributed by atoms with Crippen LogP contribution < -0.4 is 0 Å². The summed E-state index contributed by atoms with van der Waals surface area (Å²) in [5.74, 6) is 0.721. The first-order valence-corrected chi connectivity index (χ1v) is 8.10. The highest BCUT2D eigenvalue weighted by atomic mass is 28.4. The molecule has 0 fully saturated rings. The maximum absolute atomic E-state index is 5.40. The van der Waals surface area contributed by atoms with Gasteiger partial charge >= 0.3 is 8.80 Å². The molecule has 0 unspecified atom stereocenters. The molecule has 0 spiro atoms. The first kappa shape index (κ1) is 16.2.